The number of carbonyl (C=O) groups excluding carboxylic acids is 1. The molecule has 5 heteroatoms. The van der Waals surface area contributed by atoms with Gasteiger partial charge in [0.2, 0.25) is 5.91 Å². The average Bonchev–Trinajstić information content (AvgIpc) is 2.94. The largest absolute Gasteiger partial charge is 0.352 e. The second-order valence-corrected chi connectivity index (χ2v) is 6.17. The number of nitrogens with one attached hydrogen (secondary N) is 1. The molecule has 1 N–H and O–H groups in total. The SMILES string of the molecule is O=C(NCc1cccc(Cl)c1)C1CCC2(CC1)OCCO2. The number of rotatable bonds is 3. The van der Waals surface area contributed by atoms with Crippen LogP contribution >= 0.6 is 11.6 Å². The summed E-state index contributed by atoms with van der Waals surface area (Å²) in [4.78, 5) is 12.2. The van der Waals surface area contributed by atoms with Crippen molar-refractivity contribution in [3.05, 3.63) is 34.9 Å². The Kier molecular flexibility index (Phi) is 4.48. The first-order valence-electron chi connectivity index (χ1n) is 7.47. The van der Waals surface area contributed by atoms with Crippen LogP contribution in [0.25, 0.3) is 0 Å². The highest BCUT2D eigenvalue weighted by Crippen LogP contribution is 2.38. The molecule has 2 fully saturated rings. The van der Waals surface area contributed by atoms with Crippen molar-refractivity contribution in [2.45, 2.75) is 38.0 Å². The van der Waals surface area contributed by atoms with Gasteiger partial charge in [-0.3, -0.25) is 4.79 Å². The summed E-state index contributed by atoms with van der Waals surface area (Å²) in [5.74, 6) is -0.227. The van der Waals surface area contributed by atoms with Crippen LogP contribution in [-0.2, 0) is 20.8 Å². The zero-order chi connectivity index (χ0) is 14.7. The maximum Gasteiger partial charge on any atom is 0.223 e. The van der Waals surface area contributed by atoms with Crippen LogP contribution in [0.15, 0.2) is 24.3 Å². The third kappa shape index (κ3) is 3.57. The van der Waals surface area contributed by atoms with Gasteiger partial charge in [0.1, 0.15) is 0 Å². The van der Waals surface area contributed by atoms with Crippen molar-refractivity contribution < 1.29 is 14.3 Å². The first-order valence-corrected chi connectivity index (χ1v) is 7.85. The van der Waals surface area contributed by atoms with E-state index in [0.717, 1.165) is 31.2 Å². The van der Waals surface area contributed by atoms with Gasteiger partial charge in [0.05, 0.1) is 13.2 Å². The third-order valence-corrected chi connectivity index (χ3v) is 4.52. The van der Waals surface area contributed by atoms with Crippen LogP contribution in [0.4, 0.5) is 0 Å². The summed E-state index contributed by atoms with van der Waals surface area (Å²) in [6.45, 7) is 1.87. The summed E-state index contributed by atoms with van der Waals surface area (Å²) in [6, 6.07) is 7.55. The summed E-state index contributed by atoms with van der Waals surface area (Å²) >= 11 is 5.94. The zero-order valence-electron chi connectivity index (χ0n) is 11.9. The quantitative estimate of drug-likeness (QED) is 0.934. The first-order chi connectivity index (χ1) is 10.2. The van der Waals surface area contributed by atoms with E-state index in [0.29, 0.717) is 24.8 Å². The predicted molar refractivity (Wildman–Crippen MR) is 79.9 cm³/mol. The molecule has 0 bridgehead atoms. The van der Waals surface area contributed by atoms with Crippen molar-refractivity contribution in [1.29, 1.82) is 0 Å². The lowest BCUT2D eigenvalue weighted by Crippen LogP contribution is -2.40. The molecule has 1 saturated heterocycles. The van der Waals surface area contributed by atoms with E-state index in [1.165, 1.54) is 0 Å². The topological polar surface area (TPSA) is 47.6 Å². The molecule has 3 rings (SSSR count). The fourth-order valence-electron chi connectivity index (χ4n) is 3.09. The van der Waals surface area contributed by atoms with Gasteiger partial charge in [-0.1, -0.05) is 23.7 Å². The first kappa shape index (κ1) is 14.8. The van der Waals surface area contributed by atoms with Gasteiger partial charge < -0.3 is 14.8 Å². The van der Waals surface area contributed by atoms with Crippen LogP contribution in [0.1, 0.15) is 31.2 Å². The Labute approximate surface area is 129 Å². The molecule has 1 heterocycles. The third-order valence-electron chi connectivity index (χ3n) is 4.29. The van der Waals surface area contributed by atoms with Crippen LogP contribution in [-0.4, -0.2) is 24.9 Å². The van der Waals surface area contributed by atoms with Gasteiger partial charge in [-0.05, 0) is 30.5 Å². The number of halogens is 1. The van der Waals surface area contributed by atoms with Gasteiger partial charge in [0.25, 0.3) is 0 Å². The van der Waals surface area contributed by atoms with E-state index in [9.17, 15) is 4.79 Å². The Morgan fingerprint density at radius 2 is 2.00 bits per heavy atom. The van der Waals surface area contributed by atoms with Crippen molar-refractivity contribution in [1.82, 2.24) is 5.32 Å². The van der Waals surface area contributed by atoms with E-state index in [-0.39, 0.29) is 11.8 Å². The highest BCUT2D eigenvalue weighted by molar-refractivity contribution is 6.30. The molecule has 1 aliphatic heterocycles. The summed E-state index contributed by atoms with van der Waals surface area (Å²) in [5, 5.41) is 3.69. The fraction of sp³-hybridized carbons (Fsp3) is 0.562. The van der Waals surface area contributed by atoms with Crippen LogP contribution < -0.4 is 5.32 Å². The van der Waals surface area contributed by atoms with Crippen molar-refractivity contribution in [2.24, 2.45) is 5.92 Å². The normalized spacial score (nSPS) is 21.6. The number of hydrogen-bond acceptors (Lipinski definition) is 3. The maximum absolute atomic E-state index is 12.2. The molecule has 21 heavy (non-hydrogen) atoms. The average molecular weight is 310 g/mol. The predicted octanol–water partition coefficient (Wildman–Crippen LogP) is 2.89. The van der Waals surface area contributed by atoms with Gasteiger partial charge in [0, 0.05) is 30.3 Å². The standard InChI is InChI=1S/C16H20ClNO3/c17-14-3-1-2-12(10-14)11-18-15(19)13-4-6-16(7-5-13)20-8-9-21-16/h1-3,10,13H,4-9,11H2,(H,18,19). The van der Waals surface area contributed by atoms with Crippen LogP contribution in [0.3, 0.4) is 0 Å². The van der Waals surface area contributed by atoms with Gasteiger partial charge in [-0.15, -0.1) is 0 Å². The fourth-order valence-corrected chi connectivity index (χ4v) is 3.30. The lowest BCUT2D eigenvalue weighted by Gasteiger charge is -2.34. The number of carbonyl (C=O) groups is 1. The van der Waals surface area contributed by atoms with Gasteiger partial charge in [0.15, 0.2) is 5.79 Å². The van der Waals surface area contributed by atoms with Crippen molar-refractivity contribution in [3.63, 3.8) is 0 Å². The zero-order valence-corrected chi connectivity index (χ0v) is 12.7. The van der Waals surface area contributed by atoms with E-state index < -0.39 is 5.79 Å². The van der Waals surface area contributed by atoms with Gasteiger partial charge in [-0.2, -0.15) is 0 Å². The molecule has 0 atom stereocenters. The highest BCUT2D eigenvalue weighted by Gasteiger charge is 2.41. The Morgan fingerprint density at radius 3 is 2.67 bits per heavy atom. The van der Waals surface area contributed by atoms with Crippen LogP contribution in [0.2, 0.25) is 5.02 Å². The molecule has 1 saturated carbocycles. The van der Waals surface area contributed by atoms with Crippen LogP contribution in [0, 0.1) is 5.92 Å². The smallest absolute Gasteiger partial charge is 0.223 e. The van der Waals surface area contributed by atoms with Crippen LogP contribution in [0.5, 0.6) is 0 Å². The molecule has 0 radical (unpaired) electrons. The Balaban J connectivity index is 1.48. The van der Waals surface area contributed by atoms with Gasteiger partial charge in [-0.25, -0.2) is 0 Å². The summed E-state index contributed by atoms with van der Waals surface area (Å²) in [5.41, 5.74) is 1.02. The molecule has 1 amide bonds. The minimum Gasteiger partial charge on any atom is -0.352 e. The second-order valence-electron chi connectivity index (χ2n) is 5.73. The number of benzene rings is 1. The monoisotopic (exact) mass is 309 g/mol. The molecule has 114 valence electrons. The van der Waals surface area contributed by atoms with E-state index in [2.05, 4.69) is 5.32 Å². The summed E-state index contributed by atoms with van der Waals surface area (Å²) in [6.07, 6.45) is 3.26. The van der Waals surface area contributed by atoms with E-state index >= 15 is 0 Å². The molecule has 2 aliphatic rings. The van der Waals surface area contributed by atoms with Gasteiger partial charge >= 0.3 is 0 Å². The van der Waals surface area contributed by atoms with E-state index in [1.54, 1.807) is 0 Å². The second kappa shape index (κ2) is 6.34. The molecular formula is C16H20ClNO3. The lowest BCUT2D eigenvalue weighted by molar-refractivity contribution is -0.183. The maximum atomic E-state index is 12.2. The highest BCUT2D eigenvalue weighted by atomic mass is 35.5. The van der Waals surface area contributed by atoms with E-state index in [4.69, 9.17) is 21.1 Å². The molecular weight excluding hydrogens is 290 g/mol. The Hall–Kier alpha value is -1.10. The minimum atomic E-state index is -0.399. The number of amides is 1. The summed E-state index contributed by atoms with van der Waals surface area (Å²) < 4.78 is 11.4. The van der Waals surface area contributed by atoms with E-state index in [1.807, 2.05) is 24.3 Å². The van der Waals surface area contributed by atoms with Crippen molar-refractivity contribution in [3.8, 4) is 0 Å². The summed E-state index contributed by atoms with van der Waals surface area (Å²) in [7, 11) is 0. The number of ether oxygens (including phenoxy) is 2. The van der Waals surface area contributed by atoms with Crippen molar-refractivity contribution >= 4 is 17.5 Å². The molecule has 1 aliphatic carbocycles. The molecule has 0 aromatic heterocycles. The minimum absolute atomic E-state index is 0.0580. The molecule has 0 unspecified atom stereocenters. The van der Waals surface area contributed by atoms with Crippen molar-refractivity contribution in [2.75, 3.05) is 13.2 Å². The lowest BCUT2D eigenvalue weighted by atomic mass is 9.84. The Morgan fingerprint density at radius 1 is 1.29 bits per heavy atom. The Bertz CT molecular complexity index is 504. The molecule has 4 nitrogen and oxygen atoms in total. The molecule has 1 aromatic carbocycles. The molecule has 1 spiro atoms. The number of hydrogen-bond donors (Lipinski definition) is 1. The molecule has 1 aromatic rings.